The van der Waals surface area contributed by atoms with Gasteiger partial charge in [0.1, 0.15) is 24.7 Å². The van der Waals surface area contributed by atoms with Gasteiger partial charge in [0.2, 0.25) is 0 Å². The largest absolute Gasteiger partial charge is 0.489 e. The highest BCUT2D eigenvalue weighted by atomic mass is 79.9. The summed E-state index contributed by atoms with van der Waals surface area (Å²) >= 11 is 7.33. The van der Waals surface area contributed by atoms with Crippen molar-refractivity contribution in [3.8, 4) is 46.1 Å². The van der Waals surface area contributed by atoms with Crippen molar-refractivity contribution in [3.63, 3.8) is 0 Å². The van der Waals surface area contributed by atoms with Gasteiger partial charge in [0.05, 0.1) is 34.0 Å². The van der Waals surface area contributed by atoms with Crippen molar-refractivity contribution in [2.75, 3.05) is 13.1 Å². The molecule has 0 aliphatic rings. The molecule has 0 unspecified atom stereocenters. The molecule has 0 N–H and O–H groups in total. The smallest absolute Gasteiger partial charge is 0.124 e. The summed E-state index contributed by atoms with van der Waals surface area (Å²) in [6, 6.07) is 28.8. The normalized spacial score (nSPS) is 10.8. The van der Waals surface area contributed by atoms with E-state index in [1.54, 1.807) is 24.8 Å². The van der Waals surface area contributed by atoms with E-state index in [0.717, 1.165) is 67.1 Å². The van der Waals surface area contributed by atoms with Gasteiger partial charge >= 0.3 is 0 Å². The van der Waals surface area contributed by atoms with Crippen molar-refractivity contribution >= 4 is 37.5 Å². The maximum Gasteiger partial charge on any atom is 0.124 e. The molecule has 9 nitrogen and oxygen atoms in total. The summed E-state index contributed by atoms with van der Waals surface area (Å²) in [5.41, 5.74) is 7.27. The van der Waals surface area contributed by atoms with Gasteiger partial charge < -0.3 is 9.47 Å². The lowest BCUT2D eigenvalue weighted by Crippen LogP contribution is -2.14. The van der Waals surface area contributed by atoms with Gasteiger partial charge in [-0.15, -0.1) is 5.11 Å². The number of pyridine rings is 4. The third-order valence-electron chi connectivity index (χ3n) is 7.57. The van der Waals surface area contributed by atoms with Crippen molar-refractivity contribution in [1.82, 2.24) is 24.9 Å². The molecule has 0 aliphatic carbocycles. The molecule has 11 heteroatoms. The molecule has 2 aromatic carbocycles. The molecular formula is C40H33Br2N7O2. The van der Waals surface area contributed by atoms with Crippen LogP contribution in [0.1, 0.15) is 36.1 Å². The topological polar surface area (TPSA) is 98.0 Å². The van der Waals surface area contributed by atoms with Gasteiger partial charge in [0.25, 0.3) is 0 Å². The van der Waals surface area contributed by atoms with Crippen LogP contribution in [0.15, 0.2) is 135 Å². The standard InChI is InChI=1S/C40H33Br2N7O2/c1-3-49(4-2)48-47-31-21-35(41)34(36(42)22-31)14-11-28-19-32(50-26-29-12-15-39(45-24-29)37-9-5-7-17-43-37)23-33(20-28)51-27-30-13-16-40(46-25-30)38-10-6-8-18-44-38/h5-10,12-13,15-25H,3-4,26-27H2,1-2H3. The predicted octanol–water partition coefficient (Wildman–Crippen LogP) is 10.0. The number of hydrogen-bond acceptors (Lipinski definition) is 8. The second-order valence-electron chi connectivity index (χ2n) is 11.2. The van der Waals surface area contributed by atoms with Crippen LogP contribution >= 0.6 is 31.9 Å². The second-order valence-corrected chi connectivity index (χ2v) is 12.9. The Morgan fingerprint density at radius 1 is 0.627 bits per heavy atom. The van der Waals surface area contributed by atoms with E-state index >= 15 is 0 Å². The fourth-order valence-electron chi connectivity index (χ4n) is 4.83. The fraction of sp³-hybridized carbons (Fsp3) is 0.150. The molecule has 4 heterocycles. The first-order valence-corrected chi connectivity index (χ1v) is 17.9. The molecule has 6 rings (SSSR count). The van der Waals surface area contributed by atoms with Crippen LogP contribution in [-0.4, -0.2) is 38.0 Å². The molecule has 0 amide bonds. The van der Waals surface area contributed by atoms with Gasteiger partial charge in [-0.2, -0.15) is 0 Å². The average Bonchev–Trinajstić information content (AvgIpc) is 3.17. The van der Waals surface area contributed by atoms with Gasteiger partial charge in [0.15, 0.2) is 0 Å². The first kappa shape index (κ1) is 35.4. The summed E-state index contributed by atoms with van der Waals surface area (Å²) in [4.78, 5) is 17.9. The molecule has 0 radical (unpaired) electrons. The predicted molar refractivity (Wildman–Crippen MR) is 205 cm³/mol. The fourth-order valence-corrected chi connectivity index (χ4v) is 6.19. The Morgan fingerprint density at radius 3 is 1.61 bits per heavy atom. The summed E-state index contributed by atoms with van der Waals surface area (Å²) in [5, 5.41) is 10.6. The van der Waals surface area contributed by atoms with Gasteiger partial charge in [-0.05, 0) is 106 Å². The van der Waals surface area contributed by atoms with Crippen molar-refractivity contribution in [2.45, 2.75) is 27.1 Å². The summed E-state index contributed by atoms with van der Waals surface area (Å²) in [6.45, 7) is 6.27. The van der Waals surface area contributed by atoms with Crippen molar-refractivity contribution in [1.29, 1.82) is 0 Å². The summed E-state index contributed by atoms with van der Waals surface area (Å²) in [7, 11) is 0. The molecule has 51 heavy (non-hydrogen) atoms. The molecule has 6 aromatic rings. The minimum absolute atomic E-state index is 0.311. The molecule has 0 aliphatic heterocycles. The van der Waals surface area contributed by atoms with Crippen LogP contribution in [-0.2, 0) is 13.2 Å². The van der Waals surface area contributed by atoms with Crippen LogP contribution in [0.4, 0.5) is 5.69 Å². The van der Waals surface area contributed by atoms with Crippen molar-refractivity contribution < 1.29 is 9.47 Å². The molecule has 0 fully saturated rings. The van der Waals surface area contributed by atoms with Crippen LogP contribution in [0.2, 0.25) is 0 Å². The second kappa shape index (κ2) is 17.5. The lowest BCUT2D eigenvalue weighted by Gasteiger charge is -2.12. The van der Waals surface area contributed by atoms with Crippen LogP contribution in [0, 0.1) is 11.8 Å². The molecule has 254 valence electrons. The number of benzene rings is 2. The summed E-state index contributed by atoms with van der Waals surface area (Å²) in [5.74, 6) is 7.80. The number of aromatic nitrogens is 4. The van der Waals surface area contributed by atoms with Gasteiger partial charge in [0, 0.05) is 69.6 Å². The SMILES string of the molecule is CCN(CC)N=Nc1cc(Br)c(C#Cc2cc(OCc3ccc(-c4ccccn4)nc3)cc(OCc3ccc(-c4ccccn4)nc3)c2)c(Br)c1. The highest BCUT2D eigenvalue weighted by Gasteiger charge is 2.09. The lowest BCUT2D eigenvalue weighted by molar-refractivity contribution is 0.289. The van der Waals surface area contributed by atoms with E-state index in [0.29, 0.717) is 30.4 Å². The lowest BCUT2D eigenvalue weighted by atomic mass is 10.1. The van der Waals surface area contributed by atoms with Gasteiger partial charge in [-0.25, -0.2) is 0 Å². The molecular weight excluding hydrogens is 770 g/mol. The zero-order valence-electron chi connectivity index (χ0n) is 28.0. The number of nitrogens with zero attached hydrogens (tertiary/aromatic N) is 7. The molecule has 4 aromatic heterocycles. The van der Waals surface area contributed by atoms with Crippen molar-refractivity contribution in [3.05, 3.63) is 147 Å². The zero-order valence-corrected chi connectivity index (χ0v) is 31.2. The molecule has 0 atom stereocenters. The number of ether oxygens (including phenoxy) is 2. The van der Waals surface area contributed by atoms with Crippen LogP contribution < -0.4 is 9.47 Å². The molecule has 0 spiro atoms. The van der Waals surface area contributed by atoms with Crippen LogP contribution in [0.3, 0.4) is 0 Å². The van der Waals surface area contributed by atoms with E-state index in [1.165, 1.54) is 0 Å². The first-order chi connectivity index (χ1) is 25.0. The van der Waals surface area contributed by atoms with Crippen LogP contribution in [0.25, 0.3) is 22.8 Å². The Hall–Kier alpha value is -5.44. The molecule has 0 saturated heterocycles. The molecule has 0 saturated carbocycles. The van der Waals surface area contributed by atoms with E-state index in [2.05, 4.69) is 74.0 Å². The van der Waals surface area contributed by atoms with Crippen molar-refractivity contribution in [2.24, 2.45) is 10.3 Å². The van der Waals surface area contributed by atoms with E-state index in [9.17, 15) is 0 Å². The third-order valence-corrected chi connectivity index (χ3v) is 8.82. The number of hydrogen-bond donors (Lipinski definition) is 0. The zero-order chi connectivity index (χ0) is 35.4. The molecule has 0 bridgehead atoms. The minimum Gasteiger partial charge on any atom is -0.489 e. The Bertz CT molecular complexity index is 2020. The quantitative estimate of drug-likeness (QED) is 0.0690. The highest BCUT2D eigenvalue weighted by molar-refractivity contribution is 9.11. The van der Waals surface area contributed by atoms with Crippen LogP contribution in [0.5, 0.6) is 11.5 Å². The Labute approximate surface area is 314 Å². The highest BCUT2D eigenvalue weighted by Crippen LogP contribution is 2.31. The maximum atomic E-state index is 6.25. The Morgan fingerprint density at radius 2 is 1.16 bits per heavy atom. The third kappa shape index (κ3) is 9.84. The average molecular weight is 804 g/mol. The van der Waals surface area contributed by atoms with E-state index in [-0.39, 0.29) is 0 Å². The summed E-state index contributed by atoms with van der Waals surface area (Å²) < 4.78 is 14.1. The Kier molecular flexibility index (Phi) is 12.1. The number of rotatable bonds is 12. The maximum absolute atomic E-state index is 6.25. The van der Waals surface area contributed by atoms with E-state index in [1.807, 2.05) is 110 Å². The number of halogens is 2. The van der Waals surface area contributed by atoms with Gasteiger partial charge in [-0.3, -0.25) is 24.9 Å². The Balaban J connectivity index is 1.22. The monoisotopic (exact) mass is 801 g/mol. The van der Waals surface area contributed by atoms with E-state index < -0.39 is 0 Å². The minimum atomic E-state index is 0.311. The summed E-state index contributed by atoms with van der Waals surface area (Å²) in [6.07, 6.45) is 7.11. The van der Waals surface area contributed by atoms with E-state index in [4.69, 9.17) is 9.47 Å². The first-order valence-electron chi connectivity index (χ1n) is 16.3. The van der Waals surface area contributed by atoms with Gasteiger partial charge in [-0.1, -0.05) is 41.3 Å².